The van der Waals surface area contributed by atoms with E-state index in [1.165, 1.54) is 12.1 Å². The zero-order valence-electron chi connectivity index (χ0n) is 17.8. The molecule has 0 fully saturated rings. The fourth-order valence-electron chi connectivity index (χ4n) is 4.07. The molecule has 0 unspecified atom stereocenters. The number of carbonyl (C=O) groups is 2. The molecule has 0 N–H and O–H groups in total. The second-order valence-electron chi connectivity index (χ2n) is 8.43. The van der Waals surface area contributed by atoms with Gasteiger partial charge in [-0.25, -0.2) is 0 Å². The second kappa shape index (κ2) is 8.31. The Morgan fingerprint density at radius 1 is 1.09 bits per heavy atom. The van der Waals surface area contributed by atoms with E-state index >= 15 is 0 Å². The van der Waals surface area contributed by atoms with E-state index < -0.39 is 23.2 Å². The van der Waals surface area contributed by atoms with Crippen LogP contribution < -0.4 is 4.46 Å². The van der Waals surface area contributed by atoms with Crippen molar-refractivity contribution in [2.45, 2.75) is 35.6 Å². The summed E-state index contributed by atoms with van der Waals surface area (Å²) in [6.45, 7) is 3.87. The molecule has 0 saturated carbocycles. The predicted octanol–water partition coefficient (Wildman–Crippen LogP) is 3.24. The maximum atomic E-state index is 13.2. The van der Waals surface area contributed by atoms with Crippen LogP contribution in [0.4, 0.5) is 4.39 Å². The number of halogens is 2. The van der Waals surface area contributed by atoms with Crippen LogP contribution >= 0.6 is 15.9 Å². The molecule has 0 amide bonds. The fourth-order valence-corrected chi connectivity index (χ4v) is 6.29. The van der Waals surface area contributed by atoms with Gasteiger partial charge >= 0.3 is 205 Å². The van der Waals surface area contributed by atoms with E-state index in [0.29, 0.717) is 27.8 Å². The van der Waals surface area contributed by atoms with Crippen molar-refractivity contribution in [1.82, 2.24) is 15.0 Å². The molecule has 5 rings (SSSR count). The summed E-state index contributed by atoms with van der Waals surface area (Å²) in [7, 11) is 0. The van der Waals surface area contributed by atoms with Gasteiger partial charge in [-0.15, -0.1) is 0 Å². The summed E-state index contributed by atoms with van der Waals surface area (Å²) in [5.74, 6) is -0.963. The van der Waals surface area contributed by atoms with Crippen molar-refractivity contribution in [1.29, 1.82) is 0 Å². The van der Waals surface area contributed by atoms with Crippen LogP contribution in [0, 0.1) is 5.82 Å². The van der Waals surface area contributed by atoms with Gasteiger partial charge in [0.25, 0.3) is 0 Å². The van der Waals surface area contributed by atoms with Crippen molar-refractivity contribution in [3.05, 3.63) is 82.9 Å². The number of carbonyl (C=O) groups excluding carboxylic acids is 2. The number of allylic oxidation sites excluding steroid dienone is 1. The molecule has 6 nitrogen and oxygen atoms in total. The first-order valence-electron chi connectivity index (χ1n) is 10.3. The first-order valence-corrected chi connectivity index (χ1v) is 13.3. The fraction of sp³-hybridized carbons (Fsp3) is 0.250. The Labute approximate surface area is 204 Å². The van der Waals surface area contributed by atoms with Crippen LogP contribution in [0.5, 0.6) is 0 Å². The monoisotopic (exact) mass is 575 g/mol. The Hall–Kier alpha value is -2.61. The van der Waals surface area contributed by atoms with Gasteiger partial charge in [0.05, 0.1) is 0 Å². The average Bonchev–Trinajstić information content (AvgIpc) is 3.27. The first-order chi connectivity index (χ1) is 15.8. The second-order valence-corrected chi connectivity index (χ2v) is 11.6. The van der Waals surface area contributed by atoms with Crippen molar-refractivity contribution in [3.63, 3.8) is 0 Å². The number of alkyl halides is 1. The summed E-state index contributed by atoms with van der Waals surface area (Å²) in [4.78, 5) is 25.8. The maximum absolute atomic E-state index is 13.2. The van der Waals surface area contributed by atoms with Gasteiger partial charge in [-0.1, -0.05) is 0 Å². The minimum absolute atomic E-state index is 0.0529. The Balaban J connectivity index is 1.52. The van der Waals surface area contributed by atoms with E-state index in [1.54, 1.807) is 35.0 Å². The Morgan fingerprint density at radius 2 is 1.79 bits per heavy atom. The van der Waals surface area contributed by atoms with Crippen LogP contribution in [-0.2, 0) is 14.9 Å². The standard InChI is InChI=1S/C24H19BrFN3O3Se/c1-24(2)23(25)19(18-21(31)20(30)16-5-3-4-6-17(16)22(18)32-24)29-11-14(27-28-29)12-33-15-9-7-13(26)8-10-15/h3-11,19,23H,12H2,1-2H3/t19-,23+/m0/s1. The molecule has 0 spiro atoms. The van der Waals surface area contributed by atoms with Gasteiger partial charge in [0, 0.05) is 0 Å². The first kappa shape index (κ1) is 22.2. The van der Waals surface area contributed by atoms with Crippen molar-refractivity contribution in [2.75, 3.05) is 0 Å². The molecular formula is C24H19BrFN3O3Se. The molecule has 0 bridgehead atoms. The van der Waals surface area contributed by atoms with Gasteiger partial charge in [0.1, 0.15) is 0 Å². The van der Waals surface area contributed by atoms with Crippen LogP contribution in [0.15, 0.2) is 60.3 Å². The van der Waals surface area contributed by atoms with Crippen molar-refractivity contribution >= 4 is 52.7 Å². The Bertz CT molecular complexity index is 1300. The van der Waals surface area contributed by atoms with Gasteiger partial charge in [-0.2, -0.15) is 0 Å². The van der Waals surface area contributed by atoms with E-state index in [2.05, 4.69) is 26.2 Å². The SMILES string of the molecule is CC1(C)OC2=C(C(=O)C(=O)c3ccccc32)[C@H](n2cc(C[Se]c3ccc(F)cc3)nn2)[C@H]1Br. The van der Waals surface area contributed by atoms with Gasteiger partial charge in [-0.05, 0) is 0 Å². The van der Waals surface area contributed by atoms with E-state index in [9.17, 15) is 14.0 Å². The summed E-state index contributed by atoms with van der Waals surface area (Å²) >= 11 is 3.76. The van der Waals surface area contributed by atoms with Crippen LogP contribution in [0.2, 0.25) is 0 Å². The third-order valence-electron chi connectivity index (χ3n) is 5.76. The van der Waals surface area contributed by atoms with Gasteiger partial charge in [0.2, 0.25) is 0 Å². The molecule has 2 aliphatic rings. The van der Waals surface area contributed by atoms with Crippen molar-refractivity contribution in [2.24, 2.45) is 0 Å². The van der Waals surface area contributed by atoms with Crippen LogP contribution in [-0.4, -0.2) is 51.9 Å². The summed E-state index contributed by atoms with van der Waals surface area (Å²) in [6, 6.07) is 12.9. The van der Waals surface area contributed by atoms with Crippen LogP contribution in [0.1, 0.15) is 41.5 Å². The third-order valence-corrected chi connectivity index (χ3v) is 9.55. The van der Waals surface area contributed by atoms with Crippen LogP contribution in [0.25, 0.3) is 5.76 Å². The molecule has 9 heteroatoms. The van der Waals surface area contributed by atoms with Crippen molar-refractivity contribution < 1.29 is 18.7 Å². The summed E-state index contributed by atoms with van der Waals surface area (Å²) in [5, 5.41) is 9.29. The molecule has 2 atom stereocenters. The van der Waals surface area contributed by atoms with E-state index in [-0.39, 0.29) is 25.6 Å². The number of hydrogen-bond donors (Lipinski definition) is 0. The number of benzene rings is 2. The summed E-state index contributed by atoms with van der Waals surface area (Å²) in [5.41, 5.74) is 1.35. The van der Waals surface area contributed by atoms with Gasteiger partial charge < -0.3 is 0 Å². The molecule has 1 aromatic heterocycles. The molecule has 168 valence electrons. The summed E-state index contributed by atoms with van der Waals surface area (Å²) < 4.78 is 22.1. The number of nitrogens with zero attached hydrogens (tertiary/aromatic N) is 3. The number of rotatable bonds is 4. The zero-order valence-corrected chi connectivity index (χ0v) is 21.1. The quantitative estimate of drug-likeness (QED) is 0.272. The molecule has 2 heterocycles. The van der Waals surface area contributed by atoms with Crippen LogP contribution in [0.3, 0.4) is 0 Å². The molecule has 3 aromatic rings. The molecular weight excluding hydrogens is 556 g/mol. The molecule has 1 aliphatic carbocycles. The van der Waals surface area contributed by atoms with E-state index in [4.69, 9.17) is 4.74 Å². The average molecular weight is 575 g/mol. The van der Waals surface area contributed by atoms with Gasteiger partial charge in [0.15, 0.2) is 0 Å². The number of Topliss-reactive ketones (excluding diaryl/α,β-unsaturated/α-hetero) is 2. The third kappa shape index (κ3) is 3.88. The Morgan fingerprint density at radius 3 is 2.52 bits per heavy atom. The zero-order chi connectivity index (χ0) is 23.3. The minimum atomic E-state index is -0.679. The molecule has 2 aromatic carbocycles. The topological polar surface area (TPSA) is 74.1 Å². The van der Waals surface area contributed by atoms with E-state index in [0.717, 1.165) is 10.2 Å². The predicted molar refractivity (Wildman–Crippen MR) is 125 cm³/mol. The van der Waals surface area contributed by atoms with Gasteiger partial charge in [-0.3, -0.25) is 0 Å². The van der Waals surface area contributed by atoms with Crippen molar-refractivity contribution in [3.8, 4) is 0 Å². The normalized spacial score (nSPS) is 21.5. The number of ketones is 2. The summed E-state index contributed by atoms with van der Waals surface area (Å²) in [6.07, 6.45) is 1.81. The number of hydrogen-bond acceptors (Lipinski definition) is 5. The molecule has 0 saturated heterocycles. The molecule has 33 heavy (non-hydrogen) atoms. The number of ether oxygens (including phenoxy) is 1. The molecule has 0 radical (unpaired) electrons. The van der Waals surface area contributed by atoms with E-state index in [1.807, 2.05) is 26.1 Å². The number of aromatic nitrogens is 3. The number of fused-ring (bicyclic) bond motifs is 2. The Kier molecular flexibility index (Phi) is 5.59. The molecule has 1 aliphatic heterocycles.